The number of halogens is 2. The molecule has 1 aromatic carbocycles. The molecule has 1 N–H and O–H groups in total. The molecule has 0 spiro atoms. The molecule has 4 atom stereocenters. The van der Waals surface area contributed by atoms with Gasteiger partial charge in [-0.05, 0) is 75.7 Å². The third-order valence-electron chi connectivity index (χ3n) is 6.49. The van der Waals surface area contributed by atoms with Crippen LogP contribution in [0, 0.1) is 29.4 Å². The van der Waals surface area contributed by atoms with Crippen molar-refractivity contribution in [2.75, 3.05) is 33.8 Å². The van der Waals surface area contributed by atoms with E-state index in [2.05, 4.69) is 4.90 Å². The Bertz CT molecular complexity index is 879. The van der Waals surface area contributed by atoms with Crippen LogP contribution >= 0.6 is 0 Å². The van der Waals surface area contributed by atoms with E-state index in [1.165, 1.54) is 17.1 Å². The Balaban J connectivity index is 0.000000858. The lowest BCUT2D eigenvalue weighted by atomic mass is 9.77. The van der Waals surface area contributed by atoms with Crippen LogP contribution in [0.1, 0.15) is 25.7 Å². The second-order valence-corrected chi connectivity index (χ2v) is 10.8. The summed E-state index contributed by atoms with van der Waals surface area (Å²) in [5, 5.41) is 6.89. The monoisotopic (exact) mass is 460 g/mol. The van der Waals surface area contributed by atoms with Crippen molar-refractivity contribution in [3.8, 4) is 0 Å². The lowest BCUT2D eigenvalue weighted by molar-refractivity contribution is -0.122. The number of nitrogens with zero attached hydrogens (tertiary/aromatic N) is 2. The SMILES string of the molecule is CN(C)[C@@H]1C[C@@H]2CN(S(=O)(=O)c3ccc(F)c(F)c3)C[C@@H]2C[C@H]1OCC1CC1.O=CO. The van der Waals surface area contributed by atoms with Crippen molar-refractivity contribution in [3.63, 3.8) is 0 Å². The van der Waals surface area contributed by atoms with E-state index in [9.17, 15) is 17.2 Å². The molecule has 1 heterocycles. The van der Waals surface area contributed by atoms with Gasteiger partial charge in [0.25, 0.3) is 6.47 Å². The van der Waals surface area contributed by atoms with Gasteiger partial charge in [0.2, 0.25) is 10.0 Å². The topological polar surface area (TPSA) is 87.2 Å². The van der Waals surface area contributed by atoms with E-state index in [4.69, 9.17) is 14.6 Å². The van der Waals surface area contributed by atoms with Crippen LogP contribution in [0.15, 0.2) is 23.1 Å². The maximum atomic E-state index is 13.6. The summed E-state index contributed by atoms with van der Waals surface area (Å²) in [4.78, 5) is 10.4. The maximum absolute atomic E-state index is 13.6. The highest BCUT2D eigenvalue weighted by Crippen LogP contribution is 2.41. The Hall–Kier alpha value is -1.62. The van der Waals surface area contributed by atoms with E-state index >= 15 is 0 Å². The molecule has 7 nitrogen and oxygen atoms in total. The van der Waals surface area contributed by atoms with E-state index < -0.39 is 21.7 Å². The smallest absolute Gasteiger partial charge is 0.290 e. The third kappa shape index (κ3) is 5.60. The quantitative estimate of drug-likeness (QED) is 0.656. The minimum atomic E-state index is -3.83. The molecule has 0 amide bonds. The largest absolute Gasteiger partial charge is 0.483 e. The predicted molar refractivity (Wildman–Crippen MR) is 110 cm³/mol. The summed E-state index contributed by atoms with van der Waals surface area (Å²) in [6, 6.07) is 3.05. The number of hydrogen-bond acceptors (Lipinski definition) is 5. The first-order chi connectivity index (χ1) is 14.7. The highest BCUT2D eigenvalue weighted by atomic mass is 32.2. The normalized spacial score (nSPS) is 28.7. The molecule has 31 heavy (non-hydrogen) atoms. The van der Waals surface area contributed by atoms with Crippen LogP contribution in [-0.2, 0) is 19.6 Å². The van der Waals surface area contributed by atoms with Gasteiger partial charge in [0.1, 0.15) is 0 Å². The van der Waals surface area contributed by atoms with Gasteiger partial charge >= 0.3 is 0 Å². The minimum absolute atomic E-state index is 0.114. The molecular weight excluding hydrogens is 430 g/mol. The van der Waals surface area contributed by atoms with Gasteiger partial charge in [-0.2, -0.15) is 4.31 Å². The van der Waals surface area contributed by atoms with E-state index in [0.29, 0.717) is 19.0 Å². The summed E-state index contributed by atoms with van der Waals surface area (Å²) in [6.45, 7) is 1.38. The number of carboxylic acid groups (broad SMARTS) is 1. The van der Waals surface area contributed by atoms with Gasteiger partial charge in [-0.3, -0.25) is 4.79 Å². The molecule has 3 aliphatic rings. The molecule has 0 radical (unpaired) electrons. The molecule has 0 unspecified atom stereocenters. The summed E-state index contributed by atoms with van der Waals surface area (Å²) < 4.78 is 60.3. The van der Waals surface area contributed by atoms with Crippen LogP contribution in [0.5, 0.6) is 0 Å². The fraction of sp³-hybridized carbons (Fsp3) is 0.667. The molecule has 0 bridgehead atoms. The van der Waals surface area contributed by atoms with Gasteiger partial charge in [0.05, 0.1) is 11.0 Å². The number of fused-ring (bicyclic) bond motifs is 1. The van der Waals surface area contributed by atoms with Crippen LogP contribution in [-0.4, -0.2) is 75.1 Å². The zero-order valence-corrected chi connectivity index (χ0v) is 18.6. The second-order valence-electron chi connectivity index (χ2n) is 8.84. The van der Waals surface area contributed by atoms with Gasteiger partial charge in [-0.1, -0.05) is 0 Å². The molecule has 4 rings (SSSR count). The molecule has 10 heteroatoms. The average molecular weight is 461 g/mol. The number of ether oxygens (including phenoxy) is 1. The van der Waals surface area contributed by atoms with Gasteiger partial charge in [-0.25, -0.2) is 17.2 Å². The first kappa shape index (κ1) is 24.0. The molecule has 3 fully saturated rings. The first-order valence-electron chi connectivity index (χ1n) is 10.5. The van der Waals surface area contributed by atoms with E-state index in [-0.39, 0.29) is 35.3 Å². The number of hydrogen-bond donors (Lipinski definition) is 1. The van der Waals surface area contributed by atoms with Crippen LogP contribution < -0.4 is 0 Å². The van der Waals surface area contributed by atoms with Crippen LogP contribution in [0.25, 0.3) is 0 Å². The molecule has 1 aliphatic heterocycles. The number of benzene rings is 1. The predicted octanol–water partition coefficient (Wildman–Crippen LogP) is 2.42. The minimum Gasteiger partial charge on any atom is -0.483 e. The summed E-state index contributed by atoms with van der Waals surface area (Å²) in [5.74, 6) is -1.000. The number of carbonyl (C=O) groups is 1. The Kier molecular flexibility index (Phi) is 7.67. The maximum Gasteiger partial charge on any atom is 0.290 e. The lowest BCUT2D eigenvalue weighted by Gasteiger charge is -2.41. The number of sulfonamides is 1. The van der Waals surface area contributed by atoms with Crippen molar-refractivity contribution in [1.82, 2.24) is 9.21 Å². The highest BCUT2D eigenvalue weighted by molar-refractivity contribution is 7.89. The van der Waals surface area contributed by atoms with Gasteiger partial charge in [-0.15, -0.1) is 0 Å². The highest BCUT2D eigenvalue weighted by Gasteiger charge is 2.46. The Morgan fingerprint density at radius 3 is 2.32 bits per heavy atom. The van der Waals surface area contributed by atoms with Gasteiger partial charge in [0.15, 0.2) is 11.6 Å². The Labute approximate surface area is 182 Å². The zero-order chi connectivity index (χ0) is 22.8. The Morgan fingerprint density at radius 1 is 1.16 bits per heavy atom. The van der Waals surface area contributed by atoms with E-state index in [1.54, 1.807) is 0 Å². The van der Waals surface area contributed by atoms with Crippen molar-refractivity contribution in [1.29, 1.82) is 0 Å². The van der Waals surface area contributed by atoms with Crippen molar-refractivity contribution >= 4 is 16.5 Å². The Morgan fingerprint density at radius 2 is 1.77 bits per heavy atom. The molecule has 2 aliphatic carbocycles. The lowest BCUT2D eigenvalue weighted by Crippen LogP contribution is -2.48. The average Bonchev–Trinajstić information content (AvgIpc) is 3.44. The van der Waals surface area contributed by atoms with Crippen molar-refractivity contribution in [3.05, 3.63) is 29.8 Å². The van der Waals surface area contributed by atoms with Crippen molar-refractivity contribution in [2.24, 2.45) is 17.8 Å². The third-order valence-corrected chi connectivity index (χ3v) is 8.31. The summed E-state index contributed by atoms with van der Waals surface area (Å²) >= 11 is 0. The standard InChI is InChI=1S/C20H28F2N2O3S.CH2O2/c1-23(2)19-7-14-10-24(11-15(14)8-20(19)27-12-13-3-4-13)28(25,26)16-5-6-17(21)18(22)9-16;2-1-3/h5-6,9,13-15,19-20H,3-4,7-8,10-12H2,1-2H3;1H,(H,2,3)/t14-,15+,19-,20-;/m1./s1. The molecule has 1 saturated heterocycles. The van der Waals surface area contributed by atoms with Gasteiger partial charge in [0, 0.05) is 25.7 Å². The summed E-state index contributed by atoms with van der Waals surface area (Å²) in [5.41, 5.74) is 0. The fourth-order valence-electron chi connectivity index (χ4n) is 4.60. The van der Waals surface area contributed by atoms with Crippen LogP contribution in [0.3, 0.4) is 0 Å². The van der Waals surface area contributed by atoms with E-state index in [0.717, 1.165) is 37.6 Å². The van der Waals surface area contributed by atoms with Gasteiger partial charge < -0.3 is 14.7 Å². The summed E-state index contributed by atoms with van der Waals surface area (Å²) in [7, 11) is 0.255. The zero-order valence-electron chi connectivity index (χ0n) is 17.8. The second kappa shape index (κ2) is 9.89. The molecule has 2 saturated carbocycles. The number of rotatable bonds is 6. The molecule has 0 aromatic heterocycles. The van der Waals surface area contributed by atoms with Crippen molar-refractivity contribution < 1.29 is 31.8 Å². The molecular formula is C21H30F2N2O5S. The van der Waals surface area contributed by atoms with Crippen LogP contribution in [0.2, 0.25) is 0 Å². The number of likely N-dealkylation sites (N-methyl/N-ethyl adjacent to an activating group) is 1. The summed E-state index contributed by atoms with van der Waals surface area (Å²) in [6.07, 6.45) is 4.32. The van der Waals surface area contributed by atoms with Crippen LogP contribution in [0.4, 0.5) is 8.78 Å². The van der Waals surface area contributed by atoms with Crippen molar-refractivity contribution in [2.45, 2.75) is 42.7 Å². The van der Waals surface area contributed by atoms with E-state index in [1.807, 2.05) is 14.1 Å². The fourth-order valence-corrected chi connectivity index (χ4v) is 6.16. The molecule has 1 aromatic rings. The first-order valence-corrected chi connectivity index (χ1v) is 11.9. The molecule has 174 valence electrons.